The number of hydrogen-bond donors (Lipinski definition) is 1. The average molecular weight is 387 g/mol. The molecule has 1 aliphatic heterocycles. The summed E-state index contributed by atoms with van der Waals surface area (Å²) in [6, 6.07) is 6.40. The van der Waals surface area contributed by atoms with Crippen molar-refractivity contribution in [3.63, 3.8) is 0 Å². The third-order valence-corrected chi connectivity index (χ3v) is 4.87. The molecule has 1 saturated heterocycles. The minimum Gasteiger partial charge on any atom is -0.360 e. The van der Waals surface area contributed by atoms with E-state index in [-0.39, 0.29) is 11.6 Å². The molecule has 0 bridgehead atoms. The van der Waals surface area contributed by atoms with Crippen molar-refractivity contribution in [3.05, 3.63) is 51.4 Å². The second kappa shape index (κ2) is 8.94. The molecule has 0 unspecified atom stereocenters. The summed E-state index contributed by atoms with van der Waals surface area (Å²) in [6.45, 7) is 8.74. The number of carbonyl (C=O) groups excluding carboxylic acids is 1. The van der Waals surface area contributed by atoms with Gasteiger partial charge in [0.05, 0.1) is 17.2 Å². The van der Waals surface area contributed by atoms with Crippen LogP contribution in [0.5, 0.6) is 0 Å². The van der Waals surface area contributed by atoms with Gasteiger partial charge in [0, 0.05) is 63.0 Å². The van der Waals surface area contributed by atoms with Crippen LogP contribution in [0.3, 0.4) is 0 Å². The van der Waals surface area contributed by atoms with Crippen molar-refractivity contribution in [2.75, 3.05) is 38.0 Å². The summed E-state index contributed by atoms with van der Waals surface area (Å²) in [5.74, 6) is 0.792. The van der Waals surface area contributed by atoms with E-state index < -0.39 is 4.92 Å². The Hall–Kier alpha value is -2.78. The number of nitrogens with one attached hydrogen (secondary N) is 1. The van der Waals surface area contributed by atoms with Crippen LogP contribution in [0.4, 0.5) is 11.4 Å². The fourth-order valence-electron chi connectivity index (χ4n) is 3.26. The predicted molar refractivity (Wildman–Crippen MR) is 104 cm³/mol. The molecule has 9 heteroatoms. The number of benzene rings is 1. The van der Waals surface area contributed by atoms with Gasteiger partial charge in [-0.3, -0.25) is 19.8 Å². The molecule has 3 rings (SSSR count). The molecule has 1 fully saturated rings. The molecule has 150 valence electrons. The zero-order chi connectivity index (χ0) is 20.1. The maximum Gasteiger partial charge on any atom is 0.269 e. The molecule has 2 heterocycles. The van der Waals surface area contributed by atoms with Crippen LogP contribution < -0.4 is 5.32 Å². The molecule has 0 spiro atoms. The SMILES string of the molecule is Cc1cc(CN2CCN(CCC(=O)Nc3ccc([N+](=O)[O-])cc3C)CC2)on1. The lowest BCUT2D eigenvalue weighted by Gasteiger charge is -2.33. The molecule has 1 aromatic heterocycles. The normalized spacial score (nSPS) is 15.5. The molecule has 9 nitrogen and oxygen atoms in total. The maximum absolute atomic E-state index is 12.2. The zero-order valence-electron chi connectivity index (χ0n) is 16.2. The van der Waals surface area contributed by atoms with Gasteiger partial charge >= 0.3 is 0 Å². The van der Waals surface area contributed by atoms with Crippen molar-refractivity contribution in [1.29, 1.82) is 0 Å². The van der Waals surface area contributed by atoms with Gasteiger partial charge in [-0.25, -0.2) is 0 Å². The van der Waals surface area contributed by atoms with Crippen LogP contribution in [0, 0.1) is 24.0 Å². The zero-order valence-corrected chi connectivity index (χ0v) is 16.2. The Morgan fingerprint density at radius 2 is 1.93 bits per heavy atom. The molecule has 2 aromatic rings. The number of nitro benzene ring substituents is 1. The molecule has 0 atom stereocenters. The minimum atomic E-state index is -0.443. The summed E-state index contributed by atoms with van der Waals surface area (Å²) in [7, 11) is 0. The van der Waals surface area contributed by atoms with Gasteiger partial charge in [0.2, 0.25) is 5.91 Å². The van der Waals surface area contributed by atoms with Gasteiger partial charge in [-0.2, -0.15) is 0 Å². The molecule has 1 aliphatic rings. The predicted octanol–water partition coefficient (Wildman–Crippen LogP) is 2.35. The number of amides is 1. The van der Waals surface area contributed by atoms with E-state index in [1.54, 1.807) is 13.0 Å². The molecular weight excluding hydrogens is 362 g/mol. The number of nitrogens with zero attached hydrogens (tertiary/aromatic N) is 4. The van der Waals surface area contributed by atoms with Gasteiger partial charge in [-0.1, -0.05) is 5.16 Å². The van der Waals surface area contributed by atoms with Gasteiger partial charge in [0.1, 0.15) is 0 Å². The minimum absolute atomic E-state index is 0.0221. The Balaban J connectivity index is 1.40. The van der Waals surface area contributed by atoms with Gasteiger partial charge in [0.15, 0.2) is 5.76 Å². The van der Waals surface area contributed by atoms with Crippen molar-refractivity contribution in [3.8, 4) is 0 Å². The number of anilines is 1. The highest BCUT2D eigenvalue weighted by atomic mass is 16.6. The van der Waals surface area contributed by atoms with Crippen molar-refractivity contribution < 1.29 is 14.2 Å². The molecule has 0 radical (unpaired) electrons. The highest BCUT2D eigenvalue weighted by molar-refractivity contribution is 5.91. The first kappa shape index (κ1) is 20.0. The van der Waals surface area contributed by atoms with Crippen LogP contribution in [-0.4, -0.2) is 58.5 Å². The third-order valence-electron chi connectivity index (χ3n) is 4.87. The fraction of sp³-hybridized carbons (Fsp3) is 0.474. The average Bonchev–Trinajstić information content (AvgIpc) is 3.07. The number of nitro groups is 1. The smallest absolute Gasteiger partial charge is 0.269 e. The van der Waals surface area contributed by atoms with Crippen molar-refractivity contribution in [1.82, 2.24) is 15.0 Å². The van der Waals surface area contributed by atoms with E-state index in [2.05, 4.69) is 20.3 Å². The Bertz CT molecular complexity index is 843. The first-order valence-corrected chi connectivity index (χ1v) is 9.32. The largest absolute Gasteiger partial charge is 0.360 e. The lowest BCUT2D eigenvalue weighted by atomic mass is 10.1. The molecule has 28 heavy (non-hydrogen) atoms. The van der Waals surface area contributed by atoms with Crippen LogP contribution in [-0.2, 0) is 11.3 Å². The maximum atomic E-state index is 12.2. The molecule has 1 N–H and O–H groups in total. The number of hydrogen-bond acceptors (Lipinski definition) is 7. The quantitative estimate of drug-likeness (QED) is 0.574. The number of piperazine rings is 1. The van der Waals surface area contributed by atoms with Crippen molar-refractivity contribution >= 4 is 17.3 Å². The number of aromatic nitrogens is 1. The topological polar surface area (TPSA) is 105 Å². The van der Waals surface area contributed by atoms with Crippen LogP contribution in [0.15, 0.2) is 28.8 Å². The van der Waals surface area contributed by atoms with Crippen molar-refractivity contribution in [2.24, 2.45) is 0 Å². The number of rotatable bonds is 7. The van der Waals surface area contributed by atoms with E-state index in [0.29, 0.717) is 24.2 Å². The first-order chi connectivity index (χ1) is 13.4. The van der Waals surface area contributed by atoms with E-state index in [0.717, 1.165) is 44.2 Å². The summed E-state index contributed by atoms with van der Waals surface area (Å²) in [5, 5.41) is 17.5. The monoisotopic (exact) mass is 387 g/mol. The van der Waals surface area contributed by atoms with Crippen LogP contribution >= 0.6 is 0 Å². The summed E-state index contributed by atoms with van der Waals surface area (Å²) >= 11 is 0. The summed E-state index contributed by atoms with van der Waals surface area (Å²) in [6.07, 6.45) is 0.387. The standard InChI is InChI=1S/C19H25N5O4/c1-14-11-16(24(26)27)3-4-18(14)20-19(25)5-6-22-7-9-23(10-8-22)13-17-12-15(2)21-28-17/h3-4,11-12H,5-10,13H2,1-2H3,(H,20,25). The van der Waals surface area contributed by atoms with Crippen LogP contribution in [0.2, 0.25) is 0 Å². The Kier molecular flexibility index (Phi) is 6.37. The van der Waals surface area contributed by atoms with E-state index in [1.165, 1.54) is 12.1 Å². The summed E-state index contributed by atoms with van der Waals surface area (Å²) < 4.78 is 5.26. The summed E-state index contributed by atoms with van der Waals surface area (Å²) in [5.41, 5.74) is 2.21. The molecular formula is C19H25N5O4. The molecule has 1 amide bonds. The second-order valence-corrected chi connectivity index (χ2v) is 7.11. The van der Waals surface area contributed by atoms with Gasteiger partial charge in [0.25, 0.3) is 5.69 Å². The number of carbonyl (C=O) groups is 1. The third kappa shape index (κ3) is 5.37. The Morgan fingerprint density at radius 1 is 1.21 bits per heavy atom. The van der Waals surface area contributed by atoms with Gasteiger partial charge in [-0.15, -0.1) is 0 Å². The fourth-order valence-corrected chi connectivity index (χ4v) is 3.26. The molecule has 0 aliphatic carbocycles. The Morgan fingerprint density at radius 3 is 2.54 bits per heavy atom. The van der Waals surface area contributed by atoms with E-state index >= 15 is 0 Å². The Labute approximate surface area is 163 Å². The van der Waals surface area contributed by atoms with E-state index in [4.69, 9.17) is 4.52 Å². The highest BCUT2D eigenvalue weighted by Gasteiger charge is 2.19. The van der Waals surface area contributed by atoms with Crippen LogP contribution in [0.25, 0.3) is 0 Å². The highest BCUT2D eigenvalue weighted by Crippen LogP contribution is 2.21. The summed E-state index contributed by atoms with van der Waals surface area (Å²) in [4.78, 5) is 27.2. The van der Waals surface area contributed by atoms with Gasteiger partial charge < -0.3 is 14.7 Å². The number of aryl methyl sites for hydroxylation is 2. The lowest BCUT2D eigenvalue weighted by molar-refractivity contribution is -0.384. The van der Waals surface area contributed by atoms with E-state index in [9.17, 15) is 14.9 Å². The second-order valence-electron chi connectivity index (χ2n) is 7.11. The van der Waals surface area contributed by atoms with Crippen LogP contribution in [0.1, 0.15) is 23.4 Å². The first-order valence-electron chi connectivity index (χ1n) is 9.32. The molecule has 1 aromatic carbocycles. The lowest BCUT2D eigenvalue weighted by Crippen LogP contribution is -2.46. The van der Waals surface area contributed by atoms with E-state index in [1.807, 2.05) is 13.0 Å². The molecule has 0 saturated carbocycles. The van der Waals surface area contributed by atoms with Gasteiger partial charge in [-0.05, 0) is 25.5 Å². The van der Waals surface area contributed by atoms with Crippen molar-refractivity contribution in [2.45, 2.75) is 26.8 Å². The number of non-ortho nitro benzene ring substituents is 1.